The highest BCUT2D eigenvalue weighted by molar-refractivity contribution is 6.32. The fraction of sp³-hybridized carbons (Fsp3) is 0.0566. The number of anilines is 3. The molecular formula is C53H36N2. The van der Waals surface area contributed by atoms with Crippen molar-refractivity contribution in [2.75, 3.05) is 4.90 Å². The zero-order valence-electron chi connectivity index (χ0n) is 30.7. The van der Waals surface area contributed by atoms with Crippen LogP contribution in [-0.2, 0) is 5.41 Å². The van der Waals surface area contributed by atoms with Crippen molar-refractivity contribution in [2.24, 2.45) is 0 Å². The van der Waals surface area contributed by atoms with Gasteiger partial charge in [0, 0.05) is 44.0 Å². The zero-order valence-corrected chi connectivity index (χ0v) is 30.7. The lowest BCUT2D eigenvalue weighted by Gasteiger charge is -2.29. The van der Waals surface area contributed by atoms with Crippen LogP contribution >= 0.6 is 0 Å². The largest absolute Gasteiger partial charge is 0.310 e. The van der Waals surface area contributed by atoms with Crippen LogP contribution in [-0.4, -0.2) is 4.40 Å². The highest BCUT2D eigenvalue weighted by atomic mass is 15.1. The van der Waals surface area contributed by atoms with Crippen molar-refractivity contribution in [3.8, 4) is 22.3 Å². The van der Waals surface area contributed by atoms with Crippen LogP contribution in [0.15, 0.2) is 182 Å². The fourth-order valence-electron chi connectivity index (χ4n) is 9.99. The lowest BCUT2D eigenvalue weighted by Crippen LogP contribution is -2.16. The Kier molecular flexibility index (Phi) is 6.15. The highest BCUT2D eigenvalue weighted by Crippen LogP contribution is 2.55. The maximum Gasteiger partial charge on any atom is 0.0626 e. The molecule has 55 heavy (non-hydrogen) atoms. The predicted molar refractivity (Wildman–Crippen MR) is 234 cm³/mol. The topological polar surface area (TPSA) is 7.65 Å². The molecule has 12 rings (SSSR count). The van der Waals surface area contributed by atoms with Crippen molar-refractivity contribution in [2.45, 2.75) is 19.3 Å². The Balaban J connectivity index is 1.21. The third-order valence-electron chi connectivity index (χ3n) is 12.4. The molecule has 0 bridgehead atoms. The average molecular weight is 701 g/mol. The van der Waals surface area contributed by atoms with Crippen LogP contribution in [0.4, 0.5) is 17.1 Å². The van der Waals surface area contributed by atoms with E-state index < -0.39 is 0 Å². The Labute approximate surface area is 319 Å². The number of fused-ring (bicyclic) bond motifs is 9. The first-order chi connectivity index (χ1) is 27.1. The monoisotopic (exact) mass is 700 g/mol. The van der Waals surface area contributed by atoms with Crippen LogP contribution in [0.25, 0.3) is 81.9 Å². The zero-order chi connectivity index (χ0) is 36.4. The lowest BCUT2D eigenvalue weighted by atomic mass is 9.81. The van der Waals surface area contributed by atoms with Crippen LogP contribution in [0.3, 0.4) is 0 Å². The number of nitrogens with zero attached hydrogens (tertiary/aromatic N) is 2. The summed E-state index contributed by atoms with van der Waals surface area (Å²) in [5.41, 5.74) is 14.9. The molecule has 1 aliphatic rings. The molecule has 0 atom stereocenters. The van der Waals surface area contributed by atoms with Gasteiger partial charge in [-0.25, -0.2) is 0 Å². The number of rotatable bonds is 4. The third kappa shape index (κ3) is 4.14. The summed E-state index contributed by atoms with van der Waals surface area (Å²) in [6, 6.07) is 67.6. The van der Waals surface area contributed by atoms with Crippen molar-refractivity contribution < 1.29 is 0 Å². The molecule has 0 saturated carbocycles. The molecule has 2 heterocycles. The normalized spacial score (nSPS) is 13.4. The molecule has 0 radical (unpaired) electrons. The molecule has 0 unspecified atom stereocenters. The second-order valence-corrected chi connectivity index (χ2v) is 15.7. The van der Waals surface area contributed by atoms with Gasteiger partial charge < -0.3 is 9.30 Å². The van der Waals surface area contributed by atoms with Crippen molar-refractivity contribution in [1.29, 1.82) is 0 Å². The first-order valence-corrected chi connectivity index (χ1v) is 19.3. The molecule has 258 valence electrons. The third-order valence-corrected chi connectivity index (χ3v) is 12.4. The van der Waals surface area contributed by atoms with Crippen molar-refractivity contribution >= 4 is 76.7 Å². The fourth-order valence-corrected chi connectivity index (χ4v) is 9.99. The van der Waals surface area contributed by atoms with E-state index in [0.717, 1.165) is 17.1 Å². The molecule has 2 aromatic heterocycles. The van der Waals surface area contributed by atoms with E-state index in [1.807, 2.05) is 0 Å². The van der Waals surface area contributed by atoms with Gasteiger partial charge in [0.05, 0.1) is 16.6 Å². The summed E-state index contributed by atoms with van der Waals surface area (Å²) in [5.74, 6) is 0. The van der Waals surface area contributed by atoms with E-state index in [9.17, 15) is 0 Å². The van der Waals surface area contributed by atoms with Crippen LogP contribution in [0.1, 0.15) is 25.0 Å². The van der Waals surface area contributed by atoms with Crippen LogP contribution in [0.5, 0.6) is 0 Å². The van der Waals surface area contributed by atoms with Gasteiger partial charge in [0.25, 0.3) is 0 Å². The molecule has 0 aliphatic heterocycles. The first kappa shape index (κ1) is 30.6. The average Bonchev–Trinajstić information content (AvgIpc) is 3.63. The molecule has 0 fully saturated rings. The van der Waals surface area contributed by atoms with Gasteiger partial charge in [-0.05, 0) is 110 Å². The summed E-state index contributed by atoms with van der Waals surface area (Å²) in [6.45, 7) is 4.77. The molecule has 2 nitrogen and oxygen atoms in total. The van der Waals surface area contributed by atoms with Crippen LogP contribution in [0.2, 0.25) is 0 Å². The van der Waals surface area contributed by atoms with Gasteiger partial charge in [-0.3, -0.25) is 0 Å². The van der Waals surface area contributed by atoms with Gasteiger partial charge in [-0.2, -0.15) is 0 Å². The molecule has 0 amide bonds. The van der Waals surface area contributed by atoms with E-state index in [1.54, 1.807) is 0 Å². The summed E-state index contributed by atoms with van der Waals surface area (Å²) in [5, 5.41) is 10.4. The van der Waals surface area contributed by atoms with Gasteiger partial charge in [-0.15, -0.1) is 0 Å². The van der Waals surface area contributed by atoms with Crippen LogP contribution < -0.4 is 4.90 Å². The summed E-state index contributed by atoms with van der Waals surface area (Å²) in [7, 11) is 0. The maximum atomic E-state index is 2.54. The predicted octanol–water partition coefficient (Wildman–Crippen LogP) is 14.6. The molecular weight excluding hydrogens is 665 g/mol. The molecule has 0 saturated heterocycles. The van der Waals surface area contributed by atoms with Crippen molar-refractivity contribution in [1.82, 2.24) is 4.40 Å². The Hall–Kier alpha value is -6.90. The minimum absolute atomic E-state index is 0.172. The molecule has 0 spiro atoms. The summed E-state index contributed by atoms with van der Waals surface area (Å²) >= 11 is 0. The van der Waals surface area contributed by atoms with Gasteiger partial charge in [0.2, 0.25) is 0 Å². The van der Waals surface area contributed by atoms with Gasteiger partial charge >= 0.3 is 0 Å². The van der Waals surface area contributed by atoms with E-state index in [1.165, 1.54) is 93.0 Å². The Morgan fingerprint density at radius 3 is 1.87 bits per heavy atom. The highest BCUT2D eigenvalue weighted by Gasteiger charge is 2.38. The van der Waals surface area contributed by atoms with E-state index in [4.69, 9.17) is 0 Å². The van der Waals surface area contributed by atoms with E-state index in [-0.39, 0.29) is 5.41 Å². The Morgan fingerprint density at radius 1 is 0.418 bits per heavy atom. The number of hydrogen-bond donors (Lipinski definition) is 0. The quantitative estimate of drug-likeness (QED) is 0.166. The second kappa shape index (κ2) is 11.1. The smallest absolute Gasteiger partial charge is 0.0626 e. The standard InChI is InChI=1S/C53H36N2/c1-53(2)45-22-11-9-20-42(45)51-43(31-38(32-46(51)53)54(36-15-5-3-6-16-36)37-17-7-4-8-18-37)35-27-29-48-44(30-35)41-28-26-34-25-24-33-14-13-21-40-39-19-10-12-23-47(39)55(48)52(41)50(34)49(33)40/h3-32H,1-2H3. The van der Waals surface area contributed by atoms with Gasteiger partial charge in [-0.1, -0.05) is 141 Å². The second-order valence-electron chi connectivity index (χ2n) is 15.7. The van der Waals surface area contributed by atoms with E-state index >= 15 is 0 Å². The molecule has 2 heteroatoms. The number of benzene rings is 9. The summed E-state index contributed by atoms with van der Waals surface area (Å²) in [6.07, 6.45) is 0. The Bertz CT molecular complexity index is 3290. The van der Waals surface area contributed by atoms with Crippen molar-refractivity contribution in [3.05, 3.63) is 193 Å². The first-order valence-electron chi connectivity index (χ1n) is 19.3. The minimum atomic E-state index is -0.172. The van der Waals surface area contributed by atoms with Gasteiger partial charge in [0.15, 0.2) is 0 Å². The maximum absolute atomic E-state index is 2.54. The molecule has 0 N–H and O–H groups in total. The summed E-state index contributed by atoms with van der Waals surface area (Å²) < 4.78 is 2.54. The number of aromatic nitrogens is 1. The van der Waals surface area contributed by atoms with E-state index in [2.05, 4.69) is 205 Å². The summed E-state index contributed by atoms with van der Waals surface area (Å²) in [4.78, 5) is 2.41. The van der Waals surface area contributed by atoms with E-state index in [0.29, 0.717) is 0 Å². The number of hydrogen-bond acceptors (Lipinski definition) is 1. The minimum Gasteiger partial charge on any atom is -0.310 e. The lowest BCUT2D eigenvalue weighted by molar-refractivity contribution is 0.660. The number of para-hydroxylation sites is 3. The van der Waals surface area contributed by atoms with Crippen molar-refractivity contribution in [3.63, 3.8) is 0 Å². The molecule has 9 aromatic carbocycles. The molecule has 11 aromatic rings. The Morgan fingerprint density at radius 2 is 1.07 bits per heavy atom. The SMILES string of the molecule is CC1(C)c2ccccc2-c2c(-c3ccc4c(c3)c3ccc5ccc6cccc7c8ccccc8n4c3c5c67)cc(N(c3ccccc3)c3ccccc3)cc21. The van der Waals surface area contributed by atoms with Crippen LogP contribution in [0, 0.1) is 0 Å². The molecule has 1 aliphatic carbocycles. The van der Waals surface area contributed by atoms with Gasteiger partial charge in [0.1, 0.15) is 0 Å².